The summed E-state index contributed by atoms with van der Waals surface area (Å²) in [6.45, 7) is 5.21. The summed E-state index contributed by atoms with van der Waals surface area (Å²) in [7, 11) is 0. The van der Waals surface area contributed by atoms with Crippen LogP contribution in [0.1, 0.15) is 52.4 Å². The minimum Gasteiger partial charge on any atom is -0.329 e. The molecule has 1 unspecified atom stereocenters. The van der Waals surface area contributed by atoms with Gasteiger partial charge in [-0.05, 0) is 18.8 Å². The molecule has 14 heavy (non-hydrogen) atoms. The van der Waals surface area contributed by atoms with Gasteiger partial charge in [0.15, 0.2) is 0 Å². The predicted octanol–water partition coefficient (Wildman–Crippen LogP) is 2.28. The average Bonchev–Trinajstić information content (AvgIpc) is 2.41. The van der Waals surface area contributed by atoms with Crippen molar-refractivity contribution in [1.82, 2.24) is 5.32 Å². The maximum absolute atomic E-state index is 5.84. The highest BCUT2D eigenvalue weighted by Crippen LogP contribution is 2.25. The van der Waals surface area contributed by atoms with E-state index in [4.69, 9.17) is 5.73 Å². The van der Waals surface area contributed by atoms with E-state index in [1.54, 1.807) is 0 Å². The lowest BCUT2D eigenvalue weighted by Gasteiger charge is -2.27. The Balaban J connectivity index is 2.40. The SMILES string of the molecule is CC(C)NC(CN)C1CCCCCC1. The number of rotatable bonds is 4. The molecule has 0 heterocycles. The molecule has 0 bridgehead atoms. The average molecular weight is 198 g/mol. The number of nitrogens with one attached hydrogen (secondary N) is 1. The van der Waals surface area contributed by atoms with Gasteiger partial charge in [0.2, 0.25) is 0 Å². The van der Waals surface area contributed by atoms with Crippen molar-refractivity contribution >= 4 is 0 Å². The first-order valence-corrected chi connectivity index (χ1v) is 6.20. The van der Waals surface area contributed by atoms with Crippen LogP contribution in [0.3, 0.4) is 0 Å². The molecule has 0 amide bonds. The Bertz CT molecular complexity index is 137. The van der Waals surface area contributed by atoms with Crippen LogP contribution in [0.25, 0.3) is 0 Å². The quantitative estimate of drug-likeness (QED) is 0.680. The first-order valence-electron chi connectivity index (χ1n) is 6.20. The Kier molecular flexibility index (Phi) is 5.49. The zero-order valence-corrected chi connectivity index (χ0v) is 9.76. The largest absolute Gasteiger partial charge is 0.329 e. The van der Waals surface area contributed by atoms with E-state index >= 15 is 0 Å². The summed E-state index contributed by atoms with van der Waals surface area (Å²) in [6, 6.07) is 1.11. The Hall–Kier alpha value is -0.0800. The maximum atomic E-state index is 5.84. The molecule has 0 aliphatic heterocycles. The summed E-state index contributed by atoms with van der Waals surface area (Å²) in [6.07, 6.45) is 8.41. The van der Waals surface area contributed by atoms with E-state index in [-0.39, 0.29) is 0 Å². The molecule has 0 saturated heterocycles. The third-order valence-corrected chi connectivity index (χ3v) is 3.27. The van der Waals surface area contributed by atoms with E-state index in [1.807, 2.05) is 0 Å². The fraction of sp³-hybridized carbons (Fsp3) is 1.00. The van der Waals surface area contributed by atoms with Gasteiger partial charge >= 0.3 is 0 Å². The molecule has 1 aliphatic carbocycles. The predicted molar refractivity (Wildman–Crippen MR) is 62.3 cm³/mol. The summed E-state index contributed by atoms with van der Waals surface area (Å²) in [5.74, 6) is 0.824. The lowest BCUT2D eigenvalue weighted by atomic mass is 9.91. The smallest absolute Gasteiger partial charge is 0.0220 e. The van der Waals surface area contributed by atoms with E-state index < -0.39 is 0 Å². The molecule has 3 N–H and O–H groups in total. The van der Waals surface area contributed by atoms with E-state index in [0.717, 1.165) is 12.5 Å². The molecule has 0 radical (unpaired) electrons. The van der Waals surface area contributed by atoms with Crippen LogP contribution < -0.4 is 11.1 Å². The summed E-state index contributed by atoms with van der Waals surface area (Å²) in [5.41, 5.74) is 5.84. The van der Waals surface area contributed by atoms with E-state index in [9.17, 15) is 0 Å². The van der Waals surface area contributed by atoms with Crippen molar-refractivity contribution in [3.8, 4) is 0 Å². The topological polar surface area (TPSA) is 38.0 Å². The fourth-order valence-electron chi connectivity index (χ4n) is 2.54. The maximum Gasteiger partial charge on any atom is 0.0220 e. The standard InChI is InChI=1S/C12H26N2/c1-10(2)14-12(9-13)11-7-5-3-4-6-8-11/h10-12,14H,3-9,13H2,1-2H3. The van der Waals surface area contributed by atoms with Crippen LogP contribution in [0.2, 0.25) is 0 Å². The summed E-state index contributed by atoms with van der Waals surface area (Å²) in [5, 5.41) is 3.60. The zero-order chi connectivity index (χ0) is 10.4. The first-order chi connectivity index (χ1) is 6.74. The Morgan fingerprint density at radius 3 is 2.14 bits per heavy atom. The van der Waals surface area contributed by atoms with E-state index in [0.29, 0.717) is 12.1 Å². The third kappa shape index (κ3) is 3.97. The second-order valence-corrected chi connectivity index (χ2v) is 4.92. The molecule has 1 rings (SSSR count). The lowest BCUT2D eigenvalue weighted by Crippen LogP contribution is -2.45. The second kappa shape index (κ2) is 6.41. The van der Waals surface area contributed by atoms with Gasteiger partial charge in [-0.3, -0.25) is 0 Å². The molecule has 2 heteroatoms. The van der Waals surface area contributed by atoms with Crippen LogP contribution in [0.5, 0.6) is 0 Å². The molecule has 1 fully saturated rings. The highest BCUT2D eigenvalue weighted by atomic mass is 15.0. The van der Waals surface area contributed by atoms with Crippen molar-refractivity contribution in [1.29, 1.82) is 0 Å². The van der Waals surface area contributed by atoms with Crippen LogP contribution in [0.4, 0.5) is 0 Å². The second-order valence-electron chi connectivity index (χ2n) is 4.92. The van der Waals surface area contributed by atoms with Gasteiger partial charge in [0.05, 0.1) is 0 Å². The molecule has 84 valence electrons. The van der Waals surface area contributed by atoms with Gasteiger partial charge in [-0.25, -0.2) is 0 Å². The lowest BCUT2D eigenvalue weighted by molar-refractivity contribution is 0.307. The summed E-state index contributed by atoms with van der Waals surface area (Å²) < 4.78 is 0. The summed E-state index contributed by atoms with van der Waals surface area (Å²) in [4.78, 5) is 0. The molecule has 1 saturated carbocycles. The third-order valence-electron chi connectivity index (χ3n) is 3.27. The normalized spacial score (nSPS) is 22.3. The zero-order valence-electron chi connectivity index (χ0n) is 9.76. The molecule has 2 nitrogen and oxygen atoms in total. The molecular weight excluding hydrogens is 172 g/mol. The van der Waals surface area contributed by atoms with Crippen molar-refractivity contribution in [2.75, 3.05) is 6.54 Å². The van der Waals surface area contributed by atoms with Gasteiger partial charge in [0.1, 0.15) is 0 Å². The summed E-state index contributed by atoms with van der Waals surface area (Å²) >= 11 is 0. The fourth-order valence-corrected chi connectivity index (χ4v) is 2.54. The molecule has 0 aromatic carbocycles. The molecular formula is C12H26N2. The van der Waals surface area contributed by atoms with Gasteiger partial charge in [0.25, 0.3) is 0 Å². The molecule has 0 aromatic rings. The van der Waals surface area contributed by atoms with Crippen LogP contribution in [-0.4, -0.2) is 18.6 Å². The number of hydrogen-bond donors (Lipinski definition) is 2. The van der Waals surface area contributed by atoms with Crippen molar-refractivity contribution in [3.63, 3.8) is 0 Å². The molecule has 1 aliphatic rings. The Morgan fingerprint density at radius 2 is 1.71 bits per heavy atom. The molecule has 1 atom stereocenters. The van der Waals surface area contributed by atoms with Crippen LogP contribution in [0, 0.1) is 5.92 Å². The van der Waals surface area contributed by atoms with Gasteiger partial charge in [-0.2, -0.15) is 0 Å². The van der Waals surface area contributed by atoms with Gasteiger partial charge in [-0.1, -0.05) is 39.5 Å². The van der Waals surface area contributed by atoms with Crippen molar-refractivity contribution in [2.24, 2.45) is 11.7 Å². The van der Waals surface area contributed by atoms with Gasteiger partial charge in [0, 0.05) is 18.6 Å². The molecule has 0 aromatic heterocycles. The van der Waals surface area contributed by atoms with Crippen molar-refractivity contribution < 1.29 is 0 Å². The van der Waals surface area contributed by atoms with E-state index in [1.165, 1.54) is 38.5 Å². The van der Waals surface area contributed by atoms with E-state index in [2.05, 4.69) is 19.2 Å². The molecule has 0 spiro atoms. The van der Waals surface area contributed by atoms with Crippen molar-refractivity contribution in [2.45, 2.75) is 64.5 Å². The van der Waals surface area contributed by atoms with Crippen molar-refractivity contribution in [3.05, 3.63) is 0 Å². The van der Waals surface area contributed by atoms with Gasteiger partial charge in [-0.15, -0.1) is 0 Å². The highest BCUT2D eigenvalue weighted by molar-refractivity contribution is 4.80. The first kappa shape index (κ1) is 12.0. The van der Waals surface area contributed by atoms with Crippen LogP contribution >= 0.6 is 0 Å². The number of nitrogens with two attached hydrogens (primary N) is 1. The van der Waals surface area contributed by atoms with Crippen LogP contribution in [-0.2, 0) is 0 Å². The highest BCUT2D eigenvalue weighted by Gasteiger charge is 2.21. The minimum absolute atomic E-state index is 0.549. The minimum atomic E-state index is 0.549. The monoisotopic (exact) mass is 198 g/mol. The Morgan fingerprint density at radius 1 is 1.14 bits per heavy atom. The van der Waals surface area contributed by atoms with Crippen LogP contribution in [0.15, 0.2) is 0 Å². The van der Waals surface area contributed by atoms with Gasteiger partial charge < -0.3 is 11.1 Å². The Labute approximate surface area is 88.6 Å². The number of hydrogen-bond acceptors (Lipinski definition) is 2.